The highest BCUT2D eigenvalue weighted by Crippen LogP contribution is 2.07. The van der Waals surface area contributed by atoms with Gasteiger partial charge in [-0.2, -0.15) is 0 Å². The molecule has 1 aromatic rings. The minimum atomic E-state index is -0.604. The van der Waals surface area contributed by atoms with Gasteiger partial charge in [0.25, 0.3) is 5.91 Å². The Kier molecular flexibility index (Phi) is 4.66. The van der Waals surface area contributed by atoms with E-state index in [9.17, 15) is 4.79 Å². The van der Waals surface area contributed by atoms with Gasteiger partial charge in [-0.1, -0.05) is 12.1 Å². The zero-order valence-corrected chi connectivity index (χ0v) is 10.4. The summed E-state index contributed by atoms with van der Waals surface area (Å²) >= 11 is 0. The van der Waals surface area contributed by atoms with Crippen molar-refractivity contribution in [1.29, 1.82) is 0 Å². The summed E-state index contributed by atoms with van der Waals surface area (Å²) in [6.07, 6.45) is 0.810. The number of amides is 1. The third-order valence-electron chi connectivity index (χ3n) is 2.50. The summed E-state index contributed by atoms with van der Waals surface area (Å²) in [5.74, 6) is -0.177. The molecule has 4 N–H and O–H groups in total. The fourth-order valence-electron chi connectivity index (χ4n) is 1.41. The number of carbonyl (C=O) groups excluding carboxylic acids is 1. The summed E-state index contributed by atoms with van der Waals surface area (Å²) in [5.41, 5.74) is 6.55. The molecule has 0 spiro atoms. The normalized spacial score (nSPS) is 11.3. The van der Waals surface area contributed by atoms with Crippen LogP contribution in [0.5, 0.6) is 0 Å². The lowest BCUT2D eigenvalue weighted by molar-refractivity contribution is 0.0869. The van der Waals surface area contributed by atoms with E-state index in [0.717, 1.165) is 12.0 Å². The standard InChI is InChI=1S/C13H20N2O2/c1-13(2,9-16)15-12(17)11-5-3-10(4-6-11)7-8-14/h3-6,16H,7-9,14H2,1-2H3,(H,15,17). The molecular formula is C13H20N2O2. The van der Waals surface area contributed by atoms with E-state index in [-0.39, 0.29) is 12.5 Å². The first-order valence-corrected chi connectivity index (χ1v) is 5.71. The number of hydrogen-bond acceptors (Lipinski definition) is 3. The van der Waals surface area contributed by atoms with Crippen molar-refractivity contribution in [3.8, 4) is 0 Å². The Balaban J connectivity index is 2.70. The monoisotopic (exact) mass is 236 g/mol. The molecular weight excluding hydrogens is 216 g/mol. The minimum Gasteiger partial charge on any atom is -0.394 e. The van der Waals surface area contributed by atoms with Crippen molar-refractivity contribution >= 4 is 5.91 Å². The number of aliphatic hydroxyl groups excluding tert-OH is 1. The molecule has 0 aliphatic rings. The van der Waals surface area contributed by atoms with E-state index in [4.69, 9.17) is 10.8 Å². The molecule has 4 nitrogen and oxygen atoms in total. The van der Waals surface area contributed by atoms with Crippen LogP contribution in [0.4, 0.5) is 0 Å². The quantitative estimate of drug-likeness (QED) is 0.704. The Hall–Kier alpha value is -1.39. The maximum absolute atomic E-state index is 11.8. The number of nitrogens with two attached hydrogens (primary N) is 1. The molecule has 94 valence electrons. The van der Waals surface area contributed by atoms with Crippen molar-refractivity contribution in [2.24, 2.45) is 5.73 Å². The van der Waals surface area contributed by atoms with E-state index in [2.05, 4.69) is 5.32 Å². The Morgan fingerprint density at radius 2 is 1.94 bits per heavy atom. The predicted octanol–water partition coefficient (Wildman–Crippen LogP) is 0.689. The molecule has 17 heavy (non-hydrogen) atoms. The van der Waals surface area contributed by atoms with Gasteiger partial charge in [-0.15, -0.1) is 0 Å². The van der Waals surface area contributed by atoms with Gasteiger partial charge in [0, 0.05) is 5.56 Å². The molecule has 0 radical (unpaired) electrons. The second-order valence-electron chi connectivity index (χ2n) is 4.73. The highest BCUT2D eigenvalue weighted by Gasteiger charge is 2.19. The fourth-order valence-corrected chi connectivity index (χ4v) is 1.41. The van der Waals surface area contributed by atoms with Crippen LogP contribution in [-0.4, -0.2) is 29.7 Å². The Morgan fingerprint density at radius 3 is 2.41 bits per heavy atom. The SMILES string of the molecule is CC(C)(CO)NC(=O)c1ccc(CCN)cc1. The Bertz CT molecular complexity index is 372. The lowest BCUT2D eigenvalue weighted by atomic mass is 10.0. The third kappa shape index (κ3) is 4.17. The van der Waals surface area contributed by atoms with Crippen LogP contribution in [0, 0.1) is 0 Å². The smallest absolute Gasteiger partial charge is 0.251 e. The molecule has 1 aromatic carbocycles. The Morgan fingerprint density at radius 1 is 1.35 bits per heavy atom. The largest absolute Gasteiger partial charge is 0.394 e. The lowest BCUT2D eigenvalue weighted by Crippen LogP contribution is -2.46. The highest BCUT2D eigenvalue weighted by molar-refractivity contribution is 5.94. The molecule has 0 fully saturated rings. The first-order valence-electron chi connectivity index (χ1n) is 5.71. The molecule has 0 saturated carbocycles. The third-order valence-corrected chi connectivity index (χ3v) is 2.50. The summed E-state index contributed by atoms with van der Waals surface area (Å²) in [6.45, 7) is 4.05. The molecule has 0 aliphatic heterocycles. The fraction of sp³-hybridized carbons (Fsp3) is 0.462. The molecule has 0 aromatic heterocycles. The van der Waals surface area contributed by atoms with Crippen LogP contribution < -0.4 is 11.1 Å². The molecule has 0 unspecified atom stereocenters. The van der Waals surface area contributed by atoms with Crippen LogP contribution in [0.15, 0.2) is 24.3 Å². The van der Waals surface area contributed by atoms with Crippen molar-refractivity contribution in [3.05, 3.63) is 35.4 Å². The predicted molar refractivity (Wildman–Crippen MR) is 67.8 cm³/mol. The van der Waals surface area contributed by atoms with Crippen LogP contribution in [0.25, 0.3) is 0 Å². The van der Waals surface area contributed by atoms with Gasteiger partial charge in [0.05, 0.1) is 12.1 Å². The Labute approximate surface area is 102 Å². The first-order chi connectivity index (χ1) is 7.98. The van der Waals surface area contributed by atoms with Crippen LogP contribution in [-0.2, 0) is 6.42 Å². The first kappa shape index (κ1) is 13.7. The minimum absolute atomic E-state index is 0.0933. The molecule has 0 saturated heterocycles. The van der Waals surface area contributed by atoms with Crippen molar-refractivity contribution < 1.29 is 9.90 Å². The van der Waals surface area contributed by atoms with Gasteiger partial charge in [0.2, 0.25) is 0 Å². The average Bonchev–Trinajstić information content (AvgIpc) is 2.30. The van der Waals surface area contributed by atoms with E-state index in [1.54, 1.807) is 26.0 Å². The number of benzene rings is 1. The number of aliphatic hydroxyl groups is 1. The maximum Gasteiger partial charge on any atom is 0.251 e. The second-order valence-corrected chi connectivity index (χ2v) is 4.73. The summed E-state index contributed by atoms with van der Waals surface area (Å²) in [5, 5.41) is 11.8. The van der Waals surface area contributed by atoms with E-state index >= 15 is 0 Å². The maximum atomic E-state index is 11.8. The van der Waals surface area contributed by atoms with Gasteiger partial charge in [-0.3, -0.25) is 4.79 Å². The van der Waals surface area contributed by atoms with Crippen molar-refractivity contribution in [2.45, 2.75) is 25.8 Å². The number of carbonyl (C=O) groups is 1. The average molecular weight is 236 g/mol. The van der Waals surface area contributed by atoms with Gasteiger partial charge in [-0.05, 0) is 44.5 Å². The van der Waals surface area contributed by atoms with E-state index in [0.29, 0.717) is 12.1 Å². The van der Waals surface area contributed by atoms with Gasteiger partial charge in [0.15, 0.2) is 0 Å². The summed E-state index contributed by atoms with van der Waals surface area (Å²) in [7, 11) is 0. The second kappa shape index (κ2) is 5.80. The van der Waals surface area contributed by atoms with Gasteiger partial charge in [0.1, 0.15) is 0 Å². The van der Waals surface area contributed by atoms with E-state index in [1.807, 2.05) is 12.1 Å². The van der Waals surface area contributed by atoms with E-state index < -0.39 is 5.54 Å². The number of hydrogen-bond donors (Lipinski definition) is 3. The molecule has 0 atom stereocenters. The zero-order chi connectivity index (χ0) is 12.9. The molecule has 0 bridgehead atoms. The zero-order valence-electron chi connectivity index (χ0n) is 10.4. The highest BCUT2D eigenvalue weighted by atomic mass is 16.3. The van der Waals surface area contributed by atoms with Crippen molar-refractivity contribution in [3.63, 3.8) is 0 Å². The number of nitrogens with one attached hydrogen (secondary N) is 1. The van der Waals surface area contributed by atoms with Crippen LogP contribution in [0.3, 0.4) is 0 Å². The molecule has 1 rings (SSSR count). The van der Waals surface area contributed by atoms with Crippen LogP contribution in [0.2, 0.25) is 0 Å². The van der Waals surface area contributed by atoms with Crippen molar-refractivity contribution in [2.75, 3.05) is 13.2 Å². The molecule has 1 amide bonds. The topological polar surface area (TPSA) is 75.3 Å². The van der Waals surface area contributed by atoms with Gasteiger partial charge in [-0.25, -0.2) is 0 Å². The van der Waals surface area contributed by atoms with Crippen LogP contribution in [0.1, 0.15) is 29.8 Å². The van der Waals surface area contributed by atoms with Crippen molar-refractivity contribution in [1.82, 2.24) is 5.32 Å². The lowest BCUT2D eigenvalue weighted by Gasteiger charge is -2.23. The molecule has 0 heterocycles. The summed E-state index contributed by atoms with van der Waals surface area (Å²) in [4.78, 5) is 11.8. The molecule has 4 heteroatoms. The summed E-state index contributed by atoms with van der Waals surface area (Å²) in [6, 6.07) is 7.34. The van der Waals surface area contributed by atoms with Gasteiger partial charge >= 0.3 is 0 Å². The van der Waals surface area contributed by atoms with E-state index in [1.165, 1.54) is 0 Å². The number of rotatable bonds is 5. The van der Waals surface area contributed by atoms with Gasteiger partial charge < -0.3 is 16.2 Å². The summed E-state index contributed by atoms with van der Waals surface area (Å²) < 4.78 is 0. The van der Waals surface area contributed by atoms with Crippen LogP contribution >= 0.6 is 0 Å². The molecule has 0 aliphatic carbocycles.